The number of para-hydroxylation sites is 1. The second-order valence-electron chi connectivity index (χ2n) is 6.68. The normalized spacial score (nSPS) is 12.2. The smallest absolute Gasteiger partial charge is 0.277 e. The SMILES string of the molecule is Cc1cccc(C(C)C)c1NC(=O)[C@@H](C)Sc1nnc(-c2ccccc2)o1. The Morgan fingerprint density at radius 3 is 2.48 bits per heavy atom. The predicted molar refractivity (Wildman–Crippen MR) is 109 cm³/mol. The topological polar surface area (TPSA) is 68.0 Å². The average Bonchev–Trinajstić information content (AvgIpc) is 3.12. The Bertz CT molecular complexity index is 922. The highest BCUT2D eigenvalue weighted by molar-refractivity contribution is 8.00. The molecule has 1 N–H and O–H groups in total. The number of aryl methyl sites for hydroxylation is 1. The summed E-state index contributed by atoms with van der Waals surface area (Å²) in [5, 5.41) is 11.2. The van der Waals surface area contributed by atoms with E-state index in [-0.39, 0.29) is 11.2 Å². The Morgan fingerprint density at radius 2 is 1.78 bits per heavy atom. The Morgan fingerprint density at radius 1 is 1.04 bits per heavy atom. The first-order valence-corrected chi connectivity index (χ1v) is 9.79. The van der Waals surface area contributed by atoms with Gasteiger partial charge < -0.3 is 9.73 Å². The standard InChI is InChI=1S/C21H23N3O2S/c1-13(2)17-12-8-9-14(3)18(17)22-19(25)15(4)27-21-24-23-20(26-21)16-10-6-5-7-11-16/h5-13,15H,1-4H3,(H,22,25)/t15-/m1/s1. The fourth-order valence-corrected chi connectivity index (χ4v) is 3.41. The molecule has 5 nitrogen and oxygen atoms in total. The molecule has 1 atom stereocenters. The van der Waals surface area contributed by atoms with Gasteiger partial charge >= 0.3 is 0 Å². The van der Waals surface area contributed by atoms with E-state index in [9.17, 15) is 4.79 Å². The number of carbonyl (C=O) groups excluding carboxylic acids is 1. The van der Waals surface area contributed by atoms with Gasteiger partial charge in [0.2, 0.25) is 11.8 Å². The minimum absolute atomic E-state index is 0.0874. The van der Waals surface area contributed by atoms with Crippen molar-refractivity contribution in [2.75, 3.05) is 5.32 Å². The molecule has 0 bridgehead atoms. The molecule has 0 fully saturated rings. The molecule has 27 heavy (non-hydrogen) atoms. The predicted octanol–water partition coefficient (Wildman–Crippen LogP) is 5.29. The highest BCUT2D eigenvalue weighted by Crippen LogP contribution is 2.30. The molecule has 0 radical (unpaired) electrons. The Balaban J connectivity index is 1.70. The first kappa shape index (κ1) is 19.2. The molecule has 140 valence electrons. The molecule has 0 saturated heterocycles. The summed E-state index contributed by atoms with van der Waals surface area (Å²) < 4.78 is 5.69. The lowest BCUT2D eigenvalue weighted by Crippen LogP contribution is -2.23. The first-order chi connectivity index (χ1) is 13.0. The minimum Gasteiger partial charge on any atom is -0.411 e. The molecular formula is C21H23N3O2S. The minimum atomic E-state index is -0.367. The van der Waals surface area contributed by atoms with Gasteiger partial charge in [-0.15, -0.1) is 10.2 Å². The van der Waals surface area contributed by atoms with Crippen molar-refractivity contribution in [2.45, 2.75) is 44.1 Å². The van der Waals surface area contributed by atoms with Crippen LogP contribution in [-0.2, 0) is 4.79 Å². The molecule has 0 aliphatic rings. The monoisotopic (exact) mass is 381 g/mol. The molecule has 0 spiro atoms. The van der Waals surface area contributed by atoms with Crippen LogP contribution in [0.5, 0.6) is 0 Å². The number of hydrogen-bond acceptors (Lipinski definition) is 5. The maximum atomic E-state index is 12.7. The average molecular weight is 382 g/mol. The summed E-state index contributed by atoms with van der Waals surface area (Å²) >= 11 is 1.25. The van der Waals surface area contributed by atoms with E-state index in [2.05, 4.69) is 35.4 Å². The lowest BCUT2D eigenvalue weighted by molar-refractivity contribution is -0.115. The van der Waals surface area contributed by atoms with E-state index in [1.165, 1.54) is 11.8 Å². The van der Waals surface area contributed by atoms with Gasteiger partial charge in [-0.2, -0.15) is 0 Å². The van der Waals surface area contributed by atoms with E-state index in [0.29, 0.717) is 17.0 Å². The van der Waals surface area contributed by atoms with Gasteiger partial charge in [-0.1, -0.05) is 62.0 Å². The summed E-state index contributed by atoms with van der Waals surface area (Å²) in [4.78, 5) is 12.7. The number of carbonyl (C=O) groups is 1. The van der Waals surface area contributed by atoms with Gasteiger partial charge in [0, 0.05) is 11.3 Å². The Labute approximate surface area is 163 Å². The van der Waals surface area contributed by atoms with E-state index in [1.54, 1.807) is 0 Å². The number of benzene rings is 2. The Hall–Kier alpha value is -2.60. The highest BCUT2D eigenvalue weighted by atomic mass is 32.2. The molecule has 1 aromatic heterocycles. The number of rotatable bonds is 6. The molecule has 0 aliphatic carbocycles. The summed E-state index contributed by atoms with van der Waals surface area (Å²) in [7, 11) is 0. The summed E-state index contributed by atoms with van der Waals surface area (Å²) in [6, 6.07) is 15.6. The summed E-state index contributed by atoms with van der Waals surface area (Å²) in [6.07, 6.45) is 0. The molecule has 0 unspecified atom stereocenters. The number of aromatic nitrogens is 2. The molecule has 1 heterocycles. The molecular weight excluding hydrogens is 358 g/mol. The van der Waals surface area contributed by atoms with E-state index in [4.69, 9.17) is 4.42 Å². The lowest BCUT2D eigenvalue weighted by atomic mass is 9.98. The first-order valence-electron chi connectivity index (χ1n) is 8.91. The maximum Gasteiger partial charge on any atom is 0.277 e. The second-order valence-corrected chi connectivity index (χ2v) is 7.97. The van der Waals surface area contributed by atoms with E-state index < -0.39 is 0 Å². The van der Waals surface area contributed by atoms with Crippen LogP contribution in [0.3, 0.4) is 0 Å². The van der Waals surface area contributed by atoms with Gasteiger partial charge in [0.05, 0.1) is 5.25 Å². The third kappa shape index (κ3) is 4.57. The number of nitrogens with one attached hydrogen (secondary N) is 1. The molecule has 3 aromatic rings. The van der Waals surface area contributed by atoms with Crippen LogP contribution < -0.4 is 5.32 Å². The van der Waals surface area contributed by atoms with Crippen LogP contribution in [0.15, 0.2) is 58.2 Å². The van der Waals surface area contributed by atoms with Crippen molar-refractivity contribution in [1.29, 1.82) is 0 Å². The molecule has 3 rings (SSSR count). The van der Waals surface area contributed by atoms with Crippen LogP contribution in [0.2, 0.25) is 0 Å². The third-order valence-corrected chi connectivity index (χ3v) is 5.18. The number of hydrogen-bond donors (Lipinski definition) is 1. The summed E-state index contributed by atoms with van der Waals surface area (Å²) in [6.45, 7) is 8.07. The molecule has 0 aliphatic heterocycles. The molecule has 6 heteroatoms. The number of nitrogens with zero attached hydrogens (tertiary/aromatic N) is 2. The Kier molecular flexibility index (Phi) is 5.96. The van der Waals surface area contributed by atoms with Crippen molar-refractivity contribution < 1.29 is 9.21 Å². The van der Waals surface area contributed by atoms with Gasteiger partial charge in [-0.3, -0.25) is 4.79 Å². The quantitative estimate of drug-likeness (QED) is 0.588. The zero-order valence-electron chi connectivity index (χ0n) is 15.9. The van der Waals surface area contributed by atoms with E-state index in [0.717, 1.165) is 22.4 Å². The van der Waals surface area contributed by atoms with Crippen molar-refractivity contribution in [3.63, 3.8) is 0 Å². The zero-order chi connectivity index (χ0) is 19.4. The second kappa shape index (κ2) is 8.39. The van der Waals surface area contributed by atoms with Crippen molar-refractivity contribution >= 4 is 23.4 Å². The van der Waals surface area contributed by atoms with Crippen molar-refractivity contribution in [3.05, 3.63) is 59.7 Å². The molecule has 0 saturated carbocycles. The van der Waals surface area contributed by atoms with Crippen LogP contribution in [0.1, 0.15) is 37.8 Å². The van der Waals surface area contributed by atoms with Gasteiger partial charge in [-0.05, 0) is 43.0 Å². The van der Waals surface area contributed by atoms with Crippen molar-refractivity contribution in [2.24, 2.45) is 0 Å². The van der Waals surface area contributed by atoms with Crippen molar-refractivity contribution in [3.8, 4) is 11.5 Å². The third-order valence-electron chi connectivity index (χ3n) is 4.25. The number of amides is 1. The van der Waals surface area contributed by atoms with Crippen LogP contribution in [0.25, 0.3) is 11.5 Å². The molecule has 1 amide bonds. The van der Waals surface area contributed by atoms with Crippen molar-refractivity contribution in [1.82, 2.24) is 10.2 Å². The van der Waals surface area contributed by atoms with E-state index in [1.807, 2.05) is 56.3 Å². The fourth-order valence-electron chi connectivity index (χ4n) is 2.73. The molecule has 2 aromatic carbocycles. The van der Waals surface area contributed by atoms with E-state index >= 15 is 0 Å². The van der Waals surface area contributed by atoms with Crippen LogP contribution in [-0.4, -0.2) is 21.4 Å². The number of thioether (sulfide) groups is 1. The van der Waals surface area contributed by atoms with Gasteiger partial charge in [0.25, 0.3) is 5.22 Å². The fraction of sp³-hybridized carbons (Fsp3) is 0.286. The maximum absolute atomic E-state index is 12.7. The van der Waals surface area contributed by atoms with Gasteiger partial charge in [-0.25, -0.2) is 0 Å². The highest BCUT2D eigenvalue weighted by Gasteiger charge is 2.21. The van der Waals surface area contributed by atoms with Crippen LogP contribution in [0, 0.1) is 6.92 Å². The van der Waals surface area contributed by atoms with Gasteiger partial charge in [0.1, 0.15) is 0 Å². The number of anilines is 1. The van der Waals surface area contributed by atoms with Crippen LogP contribution in [0.4, 0.5) is 5.69 Å². The van der Waals surface area contributed by atoms with Gasteiger partial charge in [0.15, 0.2) is 0 Å². The largest absolute Gasteiger partial charge is 0.411 e. The summed E-state index contributed by atoms with van der Waals surface area (Å²) in [5.41, 5.74) is 3.93. The van der Waals surface area contributed by atoms with Crippen LogP contribution >= 0.6 is 11.8 Å². The summed E-state index contributed by atoms with van der Waals surface area (Å²) in [5.74, 6) is 0.690. The lowest BCUT2D eigenvalue weighted by Gasteiger charge is -2.18. The zero-order valence-corrected chi connectivity index (χ0v) is 16.7.